The molecule has 0 atom stereocenters. The van der Waals surface area contributed by atoms with E-state index in [-0.39, 0.29) is 17.9 Å². The molecule has 2 amide bonds. The first kappa shape index (κ1) is 17.3. The third-order valence-corrected chi connectivity index (χ3v) is 5.64. The van der Waals surface area contributed by atoms with Crippen molar-refractivity contribution in [2.24, 2.45) is 0 Å². The van der Waals surface area contributed by atoms with Gasteiger partial charge in [0.2, 0.25) is 0 Å². The van der Waals surface area contributed by atoms with Gasteiger partial charge in [-0.3, -0.25) is 9.59 Å². The monoisotopic (exact) mass is 382 g/mol. The van der Waals surface area contributed by atoms with Gasteiger partial charge in [-0.2, -0.15) is 0 Å². The summed E-state index contributed by atoms with van der Waals surface area (Å²) in [5.74, 6) is -0.101. The van der Waals surface area contributed by atoms with Crippen molar-refractivity contribution in [3.8, 4) is 0 Å². The molecule has 0 aliphatic carbocycles. The topological polar surface area (TPSA) is 49.4 Å². The molecule has 4 nitrogen and oxygen atoms in total. The Morgan fingerprint density at radius 1 is 1.12 bits per heavy atom. The third kappa shape index (κ3) is 3.91. The number of carbonyl (C=O) groups is 2. The third-order valence-electron chi connectivity index (χ3n) is 4.03. The van der Waals surface area contributed by atoms with Gasteiger partial charge in [0.1, 0.15) is 0 Å². The number of hydrogen-bond acceptors (Lipinski definition) is 3. The van der Waals surface area contributed by atoms with E-state index in [1.165, 1.54) is 11.3 Å². The molecule has 2 heterocycles. The van der Waals surface area contributed by atoms with Crippen LogP contribution in [0, 0.1) is 0 Å². The number of nitrogens with zero attached hydrogens (tertiary/aromatic N) is 1. The number of nitrogens with one attached hydrogen (secondary N) is 1. The molecule has 1 fully saturated rings. The molecule has 0 unspecified atom stereocenters. The number of benzene rings is 1. The second-order valence-electron chi connectivity index (χ2n) is 5.65. The lowest BCUT2D eigenvalue weighted by molar-refractivity contribution is 0.0698. The van der Waals surface area contributed by atoms with E-state index in [4.69, 9.17) is 23.2 Å². The molecule has 3 rings (SSSR count). The Bertz CT molecular complexity index is 741. The lowest BCUT2D eigenvalue weighted by Gasteiger charge is -2.32. The van der Waals surface area contributed by atoms with E-state index in [0.29, 0.717) is 33.6 Å². The Morgan fingerprint density at radius 3 is 2.50 bits per heavy atom. The summed E-state index contributed by atoms with van der Waals surface area (Å²) in [6.45, 7) is 1.21. The number of amides is 2. The molecule has 0 spiro atoms. The van der Waals surface area contributed by atoms with E-state index < -0.39 is 0 Å². The Hall–Kier alpha value is -1.56. The van der Waals surface area contributed by atoms with Crippen molar-refractivity contribution < 1.29 is 9.59 Å². The molecule has 0 saturated carbocycles. The van der Waals surface area contributed by atoms with E-state index in [2.05, 4.69) is 5.32 Å². The summed E-state index contributed by atoms with van der Waals surface area (Å²) < 4.78 is 0. The molecule has 1 N–H and O–H groups in total. The smallest absolute Gasteiger partial charge is 0.261 e. The van der Waals surface area contributed by atoms with Crippen molar-refractivity contribution in [3.05, 3.63) is 56.2 Å². The van der Waals surface area contributed by atoms with E-state index in [0.717, 1.165) is 12.8 Å². The number of hydrogen-bond donors (Lipinski definition) is 1. The van der Waals surface area contributed by atoms with Gasteiger partial charge >= 0.3 is 0 Å². The van der Waals surface area contributed by atoms with Crippen LogP contribution in [0.2, 0.25) is 10.0 Å². The van der Waals surface area contributed by atoms with Crippen LogP contribution in [-0.4, -0.2) is 35.8 Å². The van der Waals surface area contributed by atoms with Crippen LogP contribution >= 0.6 is 34.5 Å². The lowest BCUT2D eigenvalue weighted by atomic mass is 10.0. The number of carbonyl (C=O) groups excluding carboxylic acids is 2. The molecule has 24 heavy (non-hydrogen) atoms. The highest BCUT2D eigenvalue weighted by atomic mass is 35.5. The SMILES string of the molecule is O=C(NC1CCN(C(=O)c2ccc(Cl)c(Cl)c2)CC1)c1cccs1. The lowest BCUT2D eigenvalue weighted by Crippen LogP contribution is -2.46. The van der Waals surface area contributed by atoms with Crippen LogP contribution in [0.25, 0.3) is 0 Å². The number of rotatable bonds is 3. The van der Waals surface area contributed by atoms with Crippen molar-refractivity contribution in [1.82, 2.24) is 10.2 Å². The molecule has 1 aromatic heterocycles. The highest BCUT2D eigenvalue weighted by Crippen LogP contribution is 2.24. The van der Waals surface area contributed by atoms with Crippen LogP contribution in [0.15, 0.2) is 35.7 Å². The first-order valence-electron chi connectivity index (χ1n) is 7.63. The van der Waals surface area contributed by atoms with Crippen molar-refractivity contribution in [2.75, 3.05) is 13.1 Å². The van der Waals surface area contributed by atoms with Crippen molar-refractivity contribution in [2.45, 2.75) is 18.9 Å². The van der Waals surface area contributed by atoms with Crippen LogP contribution in [0.4, 0.5) is 0 Å². The van der Waals surface area contributed by atoms with Gasteiger partial charge < -0.3 is 10.2 Å². The van der Waals surface area contributed by atoms with Gasteiger partial charge in [-0.1, -0.05) is 29.3 Å². The number of piperidine rings is 1. The van der Waals surface area contributed by atoms with E-state index in [1.54, 1.807) is 23.1 Å². The quantitative estimate of drug-likeness (QED) is 0.868. The van der Waals surface area contributed by atoms with Crippen molar-refractivity contribution in [3.63, 3.8) is 0 Å². The molecule has 0 bridgehead atoms. The zero-order valence-electron chi connectivity index (χ0n) is 12.8. The molecule has 1 saturated heterocycles. The van der Waals surface area contributed by atoms with E-state index >= 15 is 0 Å². The molecule has 1 aliphatic heterocycles. The summed E-state index contributed by atoms with van der Waals surface area (Å²) in [4.78, 5) is 27.1. The minimum atomic E-state index is -0.0587. The molecule has 1 aliphatic rings. The fourth-order valence-corrected chi connectivity index (χ4v) is 3.63. The predicted octanol–water partition coefficient (Wildman–Crippen LogP) is 4.09. The number of thiophene rings is 1. The molecule has 126 valence electrons. The second kappa shape index (κ2) is 7.55. The maximum atomic E-state index is 12.5. The second-order valence-corrected chi connectivity index (χ2v) is 7.41. The van der Waals surface area contributed by atoms with Gasteiger partial charge in [0, 0.05) is 24.7 Å². The van der Waals surface area contributed by atoms with Crippen molar-refractivity contribution in [1.29, 1.82) is 0 Å². The zero-order chi connectivity index (χ0) is 17.1. The molecule has 1 aromatic carbocycles. The minimum Gasteiger partial charge on any atom is -0.348 e. The molecule has 7 heteroatoms. The van der Waals surface area contributed by atoms with E-state index in [9.17, 15) is 9.59 Å². The average molecular weight is 383 g/mol. The van der Waals surface area contributed by atoms with Gasteiger partial charge in [0.05, 0.1) is 14.9 Å². The largest absolute Gasteiger partial charge is 0.348 e. The molecule has 2 aromatic rings. The predicted molar refractivity (Wildman–Crippen MR) is 97.2 cm³/mol. The van der Waals surface area contributed by atoms with Gasteiger partial charge in [-0.25, -0.2) is 0 Å². The van der Waals surface area contributed by atoms with Gasteiger partial charge in [0.15, 0.2) is 0 Å². The maximum Gasteiger partial charge on any atom is 0.261 e. The molecular weight excluding hydrogens is 367 g/mol. The van der Waals surface area contributed by atoms with Crippen molar-refractivity contribution >= 4 is 46.4 Å². The van der Waals surface area contributed by atoms with Gasteiger partial charge in [-0.15, -0.1) is 11.3 Å². The van der Waals surface area contributed by atoms with Crippen LogP contribution in [0.5, 0.6) is 0 Å². The number of halogens is 2. The fraction of sp³-hybridized carbons (Fsp3) is 0.294. The first-order chi connectivity index (χ1) is 11.5. The normalized spacial score (nSPS) is 15.3. The molecule has 0 radical (unpaired) electrons. The van der Waals surface area contributed by atoms with Crippen LogP contribution in [0.1, 0.15) is 32.9 Å². The van der Waals surface area contributed by atoms with E-state index in [1.807, 2.05) is 17.5 Å². The Morgan fingerprint density at radius 2 is 1.88 bits per heavy atom. The Kier molecular flexibility index (Phi) is 5.43. The minimum absolute atomic E-state index is 0.0424. The highest BCUT2D eigenvalue weighted by Gasteiger charge is 2.25. The van der Waals surface area contributed by atoms with Crippen LogP contribution in [-0.2, 0) is 0 Å². The summed E-state index contributed by atoms with van der Waals surface area (Å²) >= 11 is 13.3. The number of likely N-dealkylation sites (tertiary alicyclic amines) is 1. The van der Waals surface area contributed by atoms with Crippen LogP contribution < -0.4 is 5.32 Å². The summed E-state index contributed by atoms with van der Waals surface area (Å²) in [5.41, 5.74) is 0.533. The molecular formula is C17H16Cl2N2O2S. The average Bonchev–Trinajstić information content (AvgIpc) is 3.12. The zero-order valence-corrected chi connectivity index (χ0v) is 15.1. The highest BCUT2D eigenvalue weighted by molar-refractivity contribution is 7.12. The summed E-state index contributed by atoms with van der Waals surface area (Å²) in [7, 11) is 0. The first-order valence-corrected chi connectivity index (χ1v) is 9.27. The fourth-order valence-electron chi connectivity index (χ4n) is 2.70. The Labute approximate surface area is 154 Å². The summed E-state index contributed by atoms with van der Waals surface area (Å²) in [6.07, 6.45) is 1.48. The maximum absolute atomic E-state index is 12.5. The summed E-state index contributed by atoms with van der Waals surface area (Å²) in [5, 5.41) is 5.72. The Balaban J connectivity index is 1.55. The van der Waals surface area contributed by atoms with Gasteiger partial charge in [-0.05, 0) is 42.5 Å². The summed E-state index contributed by atoms with van der Waals surface area (Å²) in [6, 6.07) is 8.67. The van der Waals surface area contributed by atoms with Crippen LogP contribution in [0.3, 0.4) is 0 Å². The standard InChI is InChI=1S/C17H16Cl2N2O2S/c18-13-4-3-11(10-14(13)19)17(23)21-7-5-12(6-8-21)20-16(22)15-2-1-9-24-15/h1-4,9-10,12H,5-8H2,(H,20,22). The van der Waals surface area contributed by atoms with Gasteiger partial charge in [0.25, 0.3) is 11.8 Å².